The molecule has 0 saturated carbocycles. The van der Waals surface area contributed by atoms with Gasteiger partial charge in [-0.05, 0) is 25.0 Å². The number of ether oxygens (including phenoxy) is 1. The van der Waals surface area contributed by atoms with E-state index in [9.17, 15) is 4.79 Å². The Hall–Kier alpha value is -1.26. The molecule has 4 nitrogen and oxygen atoms in total. The van der Waals surface area contributed by atoms with Crippen LogP contribution in [0.4, 0.5) is 0 Å². The lowest BCUT2D eigenvalue weighted by Crippen LogP contribution is -2.53. The predicted octanol–water partition coefficient (Wildman–Crippen LogP) is 2.74. The summed E-state index contributed by atoms with van der Waals surface area (Å²) >= 11 is 5.97. The number of nitrogens with one attached hydrogen (secondary N) is 1. The molecule has 0 fully saturated rings. The molecule has 0 heterocycles. The Balaban J connectivity index is 2.42. The minimum absolute atomic E-state index is 0.0498. The van der Waals surface area contributed by atoms with Crippen molar-refractivity contribution in [2.45, 2.75) is 38.6 Å². The zero-order valence-electron chi connectivity index (χ0n) is 12.1. The Morgan fingerprint density at radius 1 is 1.35 bits per heavy atom. The summed E-state index contributed by atoms with van der Waals surface area (Å²) in [6.45, 7) is 4.79. The van der Waals surface area contributed by atoms with Crippen LogP contribution in [-0.2, 0) is 4.79 Å². The zero-order valence-corrected chi connectivity index (χ0v) is 12.9. The van der Waals surface area contributed by atoms with E-state index < -0.39 is 0 Å². The maximum Gasteiger partial charge on any atom is 0.223 e. The fourth-order valence-corrected chi connectivity index (χ4v) is 2.13. The first-order chi connectivity index (χ1) is 9.56. The normalized spacial score (nSPS) is 11.2. The highest BCUT2D eigenvalue weighted by Gasteiger charge is 2.25. The first-order valence-corrected chi connectivity index (χ1v) is 7.33. The van der Waals surface area contributed by atoms with Gasteiger partial charge in [0.05, 0.1) is 23.6 Å². The molecule has 0 bridgehead atoms. The number of rotatable bonds is 8. The molecule has 0 spiro atoms. The third kappa shape index (κ3) is 4.69. The maximum atomic E-state index is 11.9. The number of carbonyl (C=O) groups excluding carboxylic acids is 1. The minimum atomic E-state index is -0.304. The molecular weight excluding hydrogens is 276 g/mol. The fourth-order valence-electron chi connectivity index (χ4n) is 1.94. The molecule has 0 aliphatic heterocycles. The van der Waals surface area contributed by atoms with Crippen LogP contribution in [0.15, 0.2) is 24.3 Å². The molecule has 0 aromatic heterocycles. The van der Waals surface area contributed by atoms with Crippen molar-refractivity contribution < 1.29 is 9.53 Å². The molecule has 1 aromatic rings. The topological polar surface area (TPSA) is 64.3 Å². The molecule has 3 N–H and O–H groups in total. The van der Waals surface area contributed by atoms with E-state index in [1.54, 1.807) is 12.1 Å². The van der Waals surface area contributed by atoms with E-state index in [0.717, 1.165) is 12.8 Å². The third-order valence-corrected chi connectivity index (χ3v) is 3.88. The first kappa shape index (κ1) is 16.8. The van der Waals surface area contributed by atoms with E-state index in [-0.39, 0.29) is 17.9 Å². The summed E-state index contributed by atoms with van der Waals surface area (Å²) < 4.78 is 5.50. The third-order valence-electron chi connectivity index (χ3n) is 3.57. The summed E-state index contributed by atoms with van der Waals surface area (Å²) in [7, 11) is 0. The molecule has 0 aliphatic rings. The minimum Gasteiger partial charge on any atom is -0.491 e. The number of carbonyl (C=O) groups is 1. The largest absolute Gasteiger partial charge is 0.491 e. The molecule has 112 valence electrons. The molecule has 1 rings (SSSR count). The number of hydrogen-bond donors (Lipinski definition) is 2. The summed E-state index contributed by atoms with van der Waals surface area (Å²) in [4.78, 5) is 11.9. The van der Waals surface area contributed by atoms with Gasteiger partial charge in [-0.3, -0.25) is 4.79 Å². The second-order valence-electron chi connectivity index (χ2n) is 4.77. The van der Waals surface area contributed by atoms with E-state index in [1.165, 1.54) is 0 Å². The van der Waals surface area contributed by atoms with Crippen molar-refractivity contribution in [1.82, 2.24) is 5.32 Å². The smallest absolute Gasteiger partial charge is 0.223 e. The SMILES string of the molecule is CCC(CC)(CN)NC(=O)CCOc1ccccc1Cl. The summed E-state index contributed by atoms with van der Waals surface area (Å²) in [6, 6.07) is 7.21. The highest BCUT2D eigenvalue weighted by molar-refractivity contribution is 6.32. The van der Waals surface area contributed by atoms with Crippen molar-refractivity contribution in [2.24, 2.45) is 5.73 Å². The molecule has 0 atom stereocenters. The van der Waals surface area contributed by atoms with E-state index in [1.807, 2.05) is 26.0 Å². The van der Waals surface area contributed by atoms with Gasteiger partial charge in [0, 0.05) is 6.54 Å². The standard InChI is InChI=1S/C15H23ClN2O2/c1-3-15(4-2,11-17)18-14(19)9-10-20-13-8-6-5-7-12(13)16/h5-8H,3-4,9-11,17H2,1-2H3,(H,18,19). The summed E-state index contributed by atoms with van der Waals surface area (Å²) in [5, 5.41) is 3.55. The maximum absolute atomic E-state index is 11.9. The van der Waals surface area contributed by atoms with Crippen LogP contribution in [0.5, 0.6) is 5.75 Å². The van der Waals surface area contributed by atoms with Crippen LogP contribution in [0.2, 0.25) is 5.02 Å². The van der Waals surface area contributed by atoms with Crippen molar-refractivity contribution in [2.75, 3.05) is 13.2 Å². The second-order valence-corrected chi connectivity index (χ2v) is 5.18. The van der Waals surface area contributed by atoms with E-state index in [4.69, 9.17) is 22.1 Å². The molecule has 1 amide bonds. The van der Waals surface area contributed by atoms with Gasteiger partial charge in [0.2, 0.25) is 5.91 Å². The Morgan fingerprint density at radius 2 is 2.00 bits per heavy atom. The molecule has 1 aromatic carbocycles. The highest BCUT2D eigenvalue weighted by atomic mass is 35.5. The fraction of sp³-hybridized carbons (Fsp3) is 0.533. The van der Waals surface area contributed by atoms with Crippen LogP contribution in [0, 0.1) is 0 Å². The average Bonchev–Trinajstić information content (AvgIpc) is 2.47. The number of hydrogen-bond acceptors (Lipinski definition) is 3. The van der Waals surface area contributed by atoms with Gasteiger partial charge in [-0.25, -0.2) is 0 Å². The Bertz CT molecular complexity index is 425. The number of benzene rings is 1. The molecule has 0 radical (unpaired) electrons. The molecule has 20 heavy (non-hydrogen) atoms. The van der Waals surface area contributed by atoms with Crippen molar-refractivity contribution >= 4 is 17.5 Å². The average molecular weight is 299 g/mol. The van der Waals surface area contributed by atoms with Crippen LogP contribution in [0.1, 0.15) is 33.1 Å². The summed E-state index contributed by atoms with van der Waals surface area (Å²) in [5.74, 6) is 0.546. The number of halogens is 1. The molecular formula is C15H23ClN2O2. The Labute approximate surface area is 125 Å². The van der Waals surface area contributed by atoms with E-state index >= 15 is 0 Å². The highest BCUT2D eigenvalue weighted by Crippen LogP contribution is 2.23. The van der Waals surface area contributed by atoms with Gasteiger partial charge in [0.1, 0.15) is 5.75 Å². The van der Waals surface area contributed by atoms with Crippen LogP contribution in [-0.4, -0.2) is 24.6 Å². The number of amides is 1. The molecule has 0 aliphatic carbocycles. The number of para-hydroxylation sites is 1. The van der Waals surface area contributed by atoms with Gasteiger partial charge in [0.25, 0.3) is 0 Å². The van der Waals surface area contributed by atoms with Crippen LogP contribution in [0.25, 0.3) is 0 Å². The molecule has 5 heteroatoms. The van der Waals surface area contributed by atoms with Crippen molar-refractivity contribution in [3.8, 4) is 5.75 Å². The predicted molar refractivity (Wildman–Crippen MR) is 82.1 cm³/mol. The first-order valence-electron chi connectivity index (χ1n) is 6.95. The van der Waals surface area contributed by atoms with Gasteiger partial charge in [-0.15, -0.1) is 0 Å². The second kappa shape index (κ2) is 8.12. The van der Waals surface area contributed by atoms with Gasteiger partial charge < -0.3 is 15.8 Å². The molecule has 0 saturated heterocycles. The Kier molecular flexibility index (Phi) is 6.82. The quantitative estimate of drug-likeness (QED) is 0.775. The van der Waals surface area contributed by atoms with Crippen molar-refractivity contribution in [1.29, 1.82) is 0 Å². The lowest BCUT2D eigenvalue weighted by Gasteiger charge is -2.31. The molecule has 0 unspecified atom stereocenters. The Morgan fingerprint density at radius 3 is 2.55 bits per heavy atom. The lowest BCUT2D eigenvalue weighted by atomic mass is 9.93. The summed E-state index contributed by atoms with van der Waals surface area (Å²) in [5.41, 5.74) is 5.45. The van der Waals surface area contributed by atoms with Gasteiger partial charge in [0.15, 0.2) is 0 Å². The number of nitrogens with two attached hydrogens (primary N) is 1. The van der Waals surface area contributed by atoms with E-state index in [2.05, 4.69) is 5.32 Å². The summed E-state index contributed by atoms with van der Waals surface area (Å²) in [6.07, 6.45) is 1.92. The monoisotopic (exact) mass is 298 g/mol. The van der Waals surface area contributed by atoms with Gasteiger partial charge in [-0.1, -0.05) is 37.6 Å². The van der Waals surface area contributed by atoms with Crippen molar-refractivity contribution in [3.05, 3.63) is 29.3 Å². The van der Waals surface area contributed by atoms with E-state index in [0.29, 0.717) is 23.9 Å². The van der Waals surface area contributed by atoms with Crippen molar-refractivity contribution in [3.63, 3.8) is 0 Å². The van der Waals surface area contributed by atoms with Crippen LogP contribution in [0.3, 0.4) is 0 Å². The van der Waals surface area contributed by atoms with Gasteiger partial charge in [-0.2, -0.15) is 0 Å². The van der Waals surface area contributed by atoms with Gasteiger partial charge >= 0.3 is 0 Å². The van der Waals surface area contributed by atoms with Crippen LogP contribution < -0.4 is 15.8 Å². The van der Waals surface area contributed by atoms with Crippen LogP contribution >= 0.6 is 11.6 Å². The zero-order chi connectivity index (χ0) is 15.0. The lowest BCUT2D eigenvalue weighted by molar-refractivity contribution is -0.123.